The molecule has 1 N–H and O–H groups in total. The number of nitrogens with one attached hydrogen (secondary N) is 1. The van der Waals surface area contributed by atoms with Crippen LogP contribution in [0.15, 0.2) is 22.6 Å². The fourth-order valence-electron chi connectivity index (χ4n) is 2.43. The molecule has 0 bridgehead atoms. The summed E-state index contributed by atoms with van der Waals surface area (Å²) in [6.07, 6.45) is 1.15. The Morgan fingerprint density at radius 3 is 2.58 bits per heavy atom. The molecule has 0 amide bonds. The summed E-state index contributed by atoms with van der Waals surface area (Å²) in [5.74, 6) is 1.07. The number of para-hydroxylation sites is 1. The number of aryl methyl sites for hydroxylation is 1. The van der Waals surface area contributed by atoms with E-state index in [-0.39, 0.29) is 5.41 Å². The van der Waals surface area contributed by atoms with Gasteiger partial charge in [0.25, 0.3) is 0 Å². The molecule has 0 aliphatic carbocycles. The molecule has 0 saturated heterocycles. The predicted molar refractivity (Wildman–Crippen MR) is 81.6 cm³/mol. The topological polar surface area (TPSA) is 25.2 Å². The van der Waals surface area contributed by atoms with E-state index in [1.807, 2.05) is 0 Å². The Balaban J connectivity index is 2.44. The Labute approximate surface area is 116 Å². The zero-order valence-electron chi connectivity index (χ0n) is 12.8. The maximum Gasteiger partial charge on any atom is 0.138 e. The first-order chi connectivity index (χ1) is 8.95. The molecule has 0 aliphatic rings. The van der Waals surface area contributed by atoms with Crippen molar-refractivity contribution in [1.82, 2.24) is 5.32 Å². The lowest BCUT2D eigenvalue weighted by atomic mass is 9.86. The van der Waals surface area contributed by atoms with Gasteiger partial charge in [0.15, 0.2) is 0 Å². The minimum atomic E-state index is 0.109. The van der Waals surface area contributed by atoms with Crippen molar-refractivity contribution in [3.63, 3.8) is 0 Å². The van der Waals surface area contributed by atoms with Gasteiger partial charge in [0, 0.05) is 10.9 Å². The first-order valence-corrected chi connectivity index (χ1v) is 7.17. The SMILES string of the molecule is CCCNCc1oc2c(C(C)(C)C)cccc2c1C. The molecule has 0 spiro atoms. The van der Waals surface area contributed by atoms with Crippen LogP contribution >= 0.6 is 0 Å². The molecule has 1 aromatic heterocycles. The van der Waals surface area contributed by atoms with Crippen molar-refractivity contribution >= 4 is 11.0 Å². The van der Waals surface area contributed by atoms with Crippen molar-refractivity contribution in [3.05, 3.63) is 35.1 Å². The second kappa shape index (κ2) is 5.38. The van der Waals surface area contributed by atoms with Crippen LogP contribution in [0.3, 0.4) is 0 Å². The second-order valence-corrected chi connectivity index (χ2v) is 6.26. The molecule has 2 nitrogen and oxygen atoms in total. The van der Waals surface area contributed by atoms with Gasteiger partial charge >= 0.3 is 0 Å². The molecule has 0 atom stereocenters. The molecule has 19 heavy (non-hydrogen) atoms. The van der Waals surface area contributed by atoms with E-state index in [1.54, 1.807) is 0 Å². The summed E-state index contributed by atoms with van der Waals surface area (Å²) in [4.78, 5) is 0. The van der Waals surface area contributed by atoms with Gasteiger partial charge in [0.2, 0.25) is 0 Å². The van der Waals surface area contributed by atoms with Gasteiger partial charge in [-0.25, -0.2) is 0 Å². The normalized spacial score (nSPS) is 12.3. The van der Waals surface area contributed by atoms with Gasteiger partial charge in [-0.1, -0.05) is 45.9 Å². The van der Waals surface area contributed by atoms with Crippen LogP contribution < -0.4 is 5.32 Å². The molecule has 0 saturated carbocycles. The van der Waals surface area contributed by atoms with Crippen LogP contribution in [0.25, 0.3) is 11.0 Å². The van der Waals surface area contributed by atoms with Gasteiger partial charge in [-0.15, -0.1) is 0 Å². The van der Waals surface area contributed by atoms with Crippen LogP contribution in [0.2, 0.25) is 0 Å². The average Bonchev–Trinajstić information content (AvgIpc) is 2.66. The third-order valence-corrected chi connectivity index (χ3v) is 3.58. The first kappa shape index (κ1) is 14.1. The van der Waals surface area contributed by atoms with E-state index < -0.39 is 0 Å². The Morgan fingerprint density at radius 2 is 1.95 bits per heavy atom. The lowest BCUT2D eigenvalue weighted by Gasteiger charge is -2.18. The van der Waals surface area contributed by atoms with E-state index in [1.165, 1.54) is 16.5 Å². The molecular weight excluding hydrogens is 234 g/mol. The van der Waals surface area contributed by atoms with E-state index in [2.05, 4.69) is 58.1 Å². The molecular formula is C17H25NO. The Kier molecular flexibility index (Phi) is 4.00. The van der Waals surface area contributed by atoms with Crippen molar-refractivity contribution in [1.29, 1.82) is 0 Å². The summed E-state index contributed by atoms with van der Waals surface area (Å²) >= 11 is 0. The molecule has 1 aromatic carbocycles. The van der Waals surface area contributed by atoms with E-state index in [9.17, 15) is 0 Å². The summed E-state index contributed by atoms with van der Waals surface area (Å²) in [5, 5.41) is 4.67. The van der Waals surface area contributed by atoms with Crippen molar-refractivity contribution in [2.45, 2.75) is 53.0 Å². The molecule has 2 heteroatoms. The quantitative estimate of drug-likeness (QED) is 0.816. The summed E-state index contributed by atoms with van der Waals surface area (Å²) in [7, 11) is 0. The van der Waals surface area contributed by atoms with E-state index >= 15 is 0 Å². The second-order valence-electron chi connectivity index (χ2n) is 6.26. The summed E-state index contributed by atoms with van der Waals surface area (Å²) in [6, 6.07) is 6.47. The molecule has 0 aliphatic heterocycles. The van der Waals surface area contributed by atoms with E-state index in [0.29, 0.717) is 0 Å². The first-order valence-electron chi connectivity index (χ1n) is 7.17. The van der Waals surface area contributed by atoms with Crippen LogP contribution in [0.4, 0.5) is 0 Å². The summed E-state index contributed by atoms with van der Waals surface area (Å²) in [5.41, 5.74) is 3.72. The van der Waals surface area contributed by atoms with Crippen LogP contribution in [0.1, 0.15) is 51.0 Å². The maximum absolute atomic E-state index is 6.14. The van der Waals surface area contributed by atoms with Crippen LogP contribution in [-0.2, 0) is 12.0 Å². The van der Waals surface area contributed by atoms with Crippen molar-refractivity contribution in [2.75, 3.05) is 6.54 Å². The van der Waals surface area contributed by atoms with Crippen LogP contribution in [0, 0.1) is 6.92 Å². The number of furan rings is 1. The smallest absolute Gasteiger partial charge is 0.138 e. The highest BCUT2D eigenvalue weighted by Gasteiger charge is 2.21. The van der Waals surface area contributed by atoms with E-state index in [0.717, 1.165) is 30.9 Å². The largest absolute Gasteiger partial charge is 0.459 e. The molecule has 0 unspecified atom stereocenters. The zero-order valence-corrected chi connectivity index (χ0v) is 12.8. The van der Waals surface area contributed by atoms with Crippen molar-refractivity contribution in [3.8, 4) is 0 Å². The number of hydrogen-bond donors (Lipinski definition) is 1. The Hall–Kier alpha value is -1.28. The zero-order chi connectivity index (χ0) is 14.0. The van der Waals surface area contributed by atoms with E-state index in [4.69, 9.17) is 4.42 Å². The van der Waals surface area contributed by atoms with Gasteiger partial charge in [0.05, 0.1) is 6.54 Å². The van der Waals surface area contributed by atoms with Gasteiger partial charge in [-0.3, -0.25) is 0 Å². The third kappa shape index (κ3) is 2.84. The Morgan fingerprint density at radius 1 is 1.21 bits per heavy atom. The molecule has 0 fully saturated rings. The van der Waals surface area contributed by atoms with Gasteiger partial charge < -0.3 is 9.73 Å². The predicted octanol–water partition coefficient (Wildman–Crippen LogP) is 4.54. The van der Waals surface area contributed by atoms with Crippen LogP contribution in [0.5, 0.6) is 0 Å². The van der Waals surface area contributed by atoms with Crippen LogP contribution in [-0.4, -0.2) is 6.54 Å². The molecule has 1 heterocycles. The molecule has 0 radical (unpaired) electrons. The number of hydrogen-bond acceptors (Lipinski definition) is 2. The summed E-state index contributed by atoms with van der Waals surface area (Å²) in [6.45, 7) is 12.9. The average molecular weight is 259 g/mol. The number of fused-ring (bicyclic) bond motifs is 1. The van der Waals surface area contributed by atoms with Crippen molar-refractivity contribution < 1.29 is 4.42 Å². The Bertz CT molecular complexity index is 560. The minimum absolute atomic E-state index is 0.109. The fraction of sp³-hybridized carbons (Fsp3) is 0.529. The maximum atomic E-state index is 6.14. The van der Waals surface area contributed by atoms with Gasteiger partial charge in [-0.05, 0) is 30.9 Å². The summed E-state index contributed by atoms with van der Waals surface area (Å²) < 4.78 is 6.14. The number of rotatable bonds is 4. The third-order valence-electron chi connectivity index (χ3n) is 3.58. The lowest BCUT2D eigenvalue weighted by Crippen LogP contribution is -2.13. The highest BCUT2D eigenvalue weighted by molar-refractivity contribution is 5.85. The lowest BCUT2D eigenvalue weighted by molar-refractivity contribution is 0.497. The minimum Gasteiger partial charge on any atom is -0.459 e. The molecule has 104 valence electrons. The highest BCUT2D eigenvalue weighted by atomic mass is 16.3. The molecule has 2 rings (SSSR count). The monoisotopic (exact) mass is 259 g/mol. The molecule has 2 aromatic rings. The van der Waals surface area contributed by atoms with Gasteiger partial charge in [0.1, 0.15) is 11.3 Å². The highest BCUT2D eigenvalue weighted by Crippen LogP contribution is 2.34. The van der Waals surface area contributed by atoms with Gasteiger partial charge in [-0.2, -0.15) is 0 Å². The number of benzene rings is 1. The fourth-order valence-corrected chi connectivity index (χ4v) is 2.43. The van der Waals surface area contributed by atoms with Crippen molar-refractivity contribution in [2.24, 2.45) is 0 Å². The standard InChI is InChI=1S/C17H25NO/c1-6-10-18-11-15-12(2)13-8-7-9-14(16(13)19-15)17(3,4)5/h7-9,18H,6,10-11H2,1-5H3.